The fourth-order valence-electron chi connectivity index (χ4n) is 3.61. The summed E-state index contributed by atoms with van der Waals surface area (Å²) in [5, 5.41) is 16.2. The van der Waals surface area contributed by atoms with Crippen molar-refractivity contribution in [1.29, 1.82) is 0 Å². The molecule has 5 nitrogen and oxygen atoms in total. The molecule has 24 heavy (non-hydrogen) atoms. The Hall–Kier alpha value is -2.69. The average Bonchev–Trinajstić information content (AvgIpc) is 2.89. The molecule has 5 heteroatoms. The predicted molar refractivity (Wildman–Crippen MR) is 94.0 cm³/mol. The van der Waals surface area contributed by atoms with E-state index < -0.39 is 11.4 Å². The summed E-state index contributed by atoms with van der Waals surface area (Å²) in [4.78, 5) is 15.8. The Morgan fingerprint density at radius 1 is 1.25 bits per heavy atom. The SMILES string of the molecule is CCC1(CC(=O)O)C(C)=NN(c2cccnc2)C1c1ccccc1. The number of benzene rings is 1. The van der Waals surface area contributed by atoms with E-state index in [0.717, 1.165) is 17.0 Å². The lowest BCUT2D eigenvalue weighted by atomic mass is 9.70. The number of hydrazone groups is 1. The molecule has 1 aromatic heterocycles. The second-order valence-corrected chi connectivity index (χ2v) is 6.13. The number of anilines is 1. The van der Waals surface area contributed by atoms with Crippen LogP contribution in [0.3, 0.4) is 0 Å². The molecule has 2 unspecified atom stereocenters. The quantitative estimate of drug-likeness (QED) is 0.906. The van der Waals surface area contributed by atoms with Crippen molar-refractivity contribution in [2.75, 3.05) is 5.01 Å². The maximum atomic E-state index is 11.6. The normalized spacial score (nSPS) is 23.2. The summed E-state index contributed by atoms with van der Waals surface area (Å²) in [7, 11) is 0. The Balaban J connectivity index is 2.15. The first kappa shape index (κ1) is 16.2. The largest absolute Gasteiger partial charge is 0.481 e. The van der Waals surface area contributed by atoms with Crippen LogP contribution in [-0.2, 0) is 4.79 Å². The first-order valence-corrected chi connectivity index (χ1v) is 8.10. The van der Waals surface area contributed by atoms with E-state index in [2.05, 4.69) is 4.98 Å². The van der Waals surface area contributed by atoms with E-state index in [0.29, 0.717) is 6.42 Å². The zero-order valence-electron chi connectivity index (χ0n) is 13.9. The first-order valence-electron chi connectivity index (χ1n) is 8.10. The van der Waals surface area contributed by atoms with Gasteiger partial charge in [0.2, 0.25) is 0 Å². The number of aromatic nitrogens is 1. The van der Waals surface area contributed by atoms with Gasteiger partial charge in [-0.05, 0) is 31.0 Å². The second-order valence-electron chi connectivity index (χ2n) is 6.13. The van der Waals surface area contributed by atoms with Crippen molar-refractivity contribution < 1.29 is 9.90 Å². The smallest absolute Gasteiger partial charge is 0.304 e. The number of hydrogen-bond donors (Lipinski definition) is 1. The maximum absolute atomic E-state index is 11.6. The van der Waals surface area contributed by atoms with Gasteiger partial charge < -0.3 is 5.11 Å². The van der Waals surface area contributed by atoms with Gasteiger partial charge in [0.05, 0.1) is 24.3 Å². The highest BCUT2D eigenvalue weighted by molar-refractivity contribution is 5.95. The van der Waals surface area contributed by atoms with Crippen LogP contribution in [0.5, 0.6) is 0 Å². The summed E-state index contributed by atoms with van der Waals surface area (Å²) in [5.41, 5.74) is 2.24. The zero-order chi connectivity index (χ0) is 17.2. The van der Waals surface area contributed by atoms with E-state index in [9.17, 15) is 9.90 Å². The van der Waals surface area contributed by atoms with Crippen molar-refractivity contribution in [3.63, 3.8) is 0 Å². The van der Waals surface area contributed by atoms with Crippen molar-refractivity contribution in [2.24, 2.45) is 10.5 Å². The summed E-state index contributed by atoms with van der Waals surface area (Å²) in [6, 6.07) is 13.6. The number of nitrogens with zero attached hydrogens (tertiary/aromatic N) is 3. The van der Waals surface area contributed by atoms with Crippen LogP contribution in [0.4, 0.5) is 5.69 Å². The molecular formula is C19H21N3O2. The molecule has 2 heterocycles. The summed E-state index contributed by atoms with van der Waals surface area (Å²) in [6.07, 6.45) is 4.23. The predicted octanol–water partition coefficient (Wildman–Crippen LogP) is 3.89. The highest BCUT2D eigenvalue weighted by Gasteiger charge is 2.50. The van der Waals surface area contributed by atoms with Gasteiger partial charge in [0.25, 0.3) is 0 Å². The van der Waals surface area contributed by atoms with E-state index in [1.807, 2.05) is 61.3 Å². The second kappa shape index (κ2) is 6.43. The summed E-state index contributed by atoms with van der Waals surface area (Å²) >= 11 is 0. The van der Waals surface area contributed by atoms with Crippen molar-refractivity contribution in [3.05, 3.63) is 60.4 Å². The van der Waals surface area contributed by atoms with Gasteiger partial charge in [-0.25, -0.2) is 0 Å². The van der Waals surface area contributed by atoms with Gasteiger partial charge in [0.15, 0.2) is 0 Å². The van der Waals surface area contributed by atoms with Gasteiger partial charge >= 0.3 is 5.97 Å². The number of rotatable bonds is 5. The van der Waals surface area contributed by atoms with E-state index in [1.165, 1.54) is 0 Å². The van der Waals surface area contributed by atoms with Crippen molar-refractivity contribution in [1.82, 2.24) is 4.98 Å². The lowest BCUT2D eigenvalue weighted by molar-refractivity contribution is -0.139. The van der Waals surface area contributed by atoms with Crippen LogP contribution in [0.25, 0.3) is 0 Å². The van der Waals surface area contributed by atoms with E-state index >= 15 is 0 Å². The molecule has 2 atom stereocenters. The van der Waals surface area contributed by atoms with Crippen molar-refractivity contribution >= 4 is 17.4 Å². The van der Waals surface area contributed by atoms with Gasteiger partial charge in [-0.2, -0.15) is 5.10 Å². The standard InChI is InChI=1S/C19H21N3O2/c1-3-19(12-17(23)24)14(2)21-22(16-10-7-11-20-13-16)18(19)15-8-5-4-6-9-15/h4-11,13,18H,3,12H2,1-2H3,(H,23,24). The molecule has 0 saturated heterocycles. The van der Waals surface area contributed by atoms with Gasteiger partial charge in [0.1, 0.15) is 0 Å². The minimum Gasteiger partial charge on any atom is -0.481 e. The van der Waals surface area contributed by atoms with Crippen molar-refractivity contribution in [3.8, 4) is 0 Å². The molecule has 1 aliphatic rings. The van der Waals surface area contributed by atoms with Crippen LogP contribution in [0, 0.1) is 5.41 Å². The van der Waals surface area contributed by atoms with Crippen LogP contribution in [0.2, 0.25) is 0 Å². The molecule has 0 saturated carbocycles. The van der Waals surface area contributed by atoms with E-state index in [1.54, 1.807) is 12.4 Å². The molecular weight excluding hydrogens is 302 g/mol. The van der Waals surface area contributed by atoms with Crippen molar-refractivity contribution in [2.45, 2.75) is 32.7 Å². The maximum Gasteiger partial charge on any atom is 0.304 e. The molecule has 3 rings (SSSR count). The number of carbonyl (C=O) groups is 1. The Morgan fingerprint density at radius 2 is 2.00 bits per heavy atom. The highest BCUT2D eigenvalue weighted by Crippen LogP contribution is 2.51. The summed E-state index contributed by atoms with van der Waals surface area (Å²) in [5.74, 6) is -0.805. The number of carboxylic acids is 1. The Morgan fingerprint density at radius 3 is 2.58 bits per heavy atom. The van der Waals surface area contributed by atoms with Crippen LogP contribution >= 0.6 is 0 Å². The molecule has 1 aromatic carbocycles. The van der Waals surface area contributed by atoms with Crippen LogP contribution in [0.1, 0.15) is 38.3 Å². The molecule has 0 bridgehead atoms. The molecule has 1 aliphatic heterocycles. The summed E-state index contributed by atoms with van der Waals surface area (Å²) in [6.45, 7) is 3.96. The monoisotopic (exact) mass is 323 g/mol. The molecule has 0 fully saturated rings. The van der Waals surface area contributed by atoms with E-state index in [4.69, 9.17) is 5.10 Å². The Labute approximate surface area is 141 Å². The zero-order valence-corrected chi connectivity index (χ0v) is 13.9. The minimum atomic E-state index is -0.805. The first-order chi connectivity index (χ1) is 11.6. The lowest BCUT2D eigenvalue weighted by Gasteiger charge is -2.37. The topological polar surface area (TPSA) is 65.8 Å². The minimum absolute atomic E-state index is 0.0508. The third kappa shape index (κ3) is 2.66. The number of pyridine rings is 1. The Bertz CT molecular complexity index is 746. The van der Waals surface area contributed by atoms with Gasteiger partial charge in [-0.1, -0.05) is 37.3 Å². The van der Waals surface area contributed by atoms with Gasteiger partial charge in [-0.3, -0.25) is 14.8 Å². The average molecular weight is 323 g/mol. The number of carboxylic acid groups (broad SMARTS) is 1. The fraction of sp³-hybridized carbons (Fsp3) is 0.316. The number of hydrogen-bond acceptors (Lipinski definition) is 4. The highest BCUT2D eigenvalue weighted by atomic mass is 16.4. The molecule has 0 spiro atoms. The molecule has 0 aliphatic carbocycles. The van der Waals surface area contributed by atoms with Crippen LogP contribution in [-0.4, -0.2) is 21.8 Å². The number of aliphatic carboxylic acids is 1. The van der Waals surface area contributed by atoms with E-state index in [-0.39, 0.29) is 12.5 Å². The van der Waals surface area contributed by atoms with Gasteiger partial charge in [-0.15, -0.1) is 0 Å². The van der Waals surface area contributed by atoms with Crippen LogP contribution in [0.15, 0.2) is 60.0 Å². The molecule has 124 valence electrons. The molecule has 2 aromatic rings. The third-order valence-electron chi connectivity index (χ3n) is 4.87. The fourth-order valence-corrected chi connectivity index (χ4v) is 3.61. The molecule has 1 N–H and O–H groups in total. The van der Waals surface area contributed by atoms with Crippen LogP contribution < -0.4 is 5.01 Å². The van der Waals surface area contributed by atoms with Gasteiger partial charge in [0, 0.05) is 17.3 Å². The molecule has 0 amide bonds. The summed E-state index contributed by atoms with van der Waals surface area (Å²) < 4.78 is 0. The lowest BCUT2D eigenvalue weighted by Crippen LogP contribution is -2.38. The third-order valence-corrected chi connectivity index (χ3v) is 4.87. The molecule has 0 radical (unpaired) electrons. The Kier molecular flexibility index (Phi) is 4.34.